The zero-order chi connectivity index (χ0) is 13.8. The average Bonchev–Trinajstić information content (AvgIpc) is 3.27. The second kappa shape index (κ2) is 6.39. The molecule has 0 aromatic rings. The van der Waals surface area contributed by atoms with Gasteiger partial charge in [-0.25, -0.2) is 4.79 Å². The minimum Gasteiger partial charge on any atom is -0.453 e. The van der Waals surface area contributed by atoms with E-state index in [9.17, 15) is 9.90 Å². The minimum absolute atomic E-state index is 0.122. The molecular weight excluding hydrogens is 244 g/mol. The third-order valence-corrected chi connectivity index (χ3v) is 4.03. The predicted octanol–water partition coefficient (Wildman–Crippen LogP) is 1.09. The van der Waals surface area contributed by atoms with Crippen LogP contribution in [0.5, 0.6) is 0 Å². The first-order valence-corrected chi connectivity index (χ1v) is 7.00. The molecule has 0 aromatic heterocycles. The Morgan fingerprint density at radius 1 is 1.47 bits per heavy atom. The third kappa shape index (κ3) is 3.48. The van der Waals surface area contributed by atoms with Gasteiger partial charge in [0.25, 0.3) is 0 Å². The lowest BCUT2D eigenvalue weighted by Crippen LogP contribution is -2.54. The number of methoxy groups -OCH3 is 1. The summed E-state index contributed by atoms with van der Waals surface area (Å²) in [6.07, 6.45) is 5.02. The van der Waals surface area contributed by atoms with Gasteiger partial charge in [-0.2, -0.15) is 0 Å². The van der Waals surface area contributed by atoms with Crippen molar-refractivity contribution in [1.82, 2.24) is 9.80 Å². The van der Waals surface area contributed by atoms with Crippen LogP contribution in [0.25, 0.3) is 0 Å². The summed E-state index contributed by atoms with van der Waals surface area (Å²) in [5.41, 5.74) is 0. The molecule has 2 aliphatic rings. The standard InChI is InChI=1S/C14H24N2O3/c1-3-6-16(12-4-5-12)13-7-11(10-17)8-15(9-13)14(18)19-2/h3,11-13,17H,1,4-10H2,2H3. The third-order valence-electron chi connectivity index (χ3n) is 4.03. The fraction of sp³-hybridized carbons (Fsp3) is 0.786. The zero-order valence-electron chi connectivity index (χ0n) is 11.6. The monoisotopic (exact) mass is 268 g/mol. The van der Waals surface area contributed by atoms with Crippen LogP contribution < -0.4 is 0 Å². The van der Waals surface area contributed by atoms with Crippen molar-refractivity contribution in [3.63, 3.8) is 0 Å². The van der Waals surface area contributed by atoms with Gasteiger partial charge in [-0.3, -0.25) is 4.90 Å². The van der Waals surface area contributed by atoms with Gasteiger partial charge in [0.2, 0.25) is 0 Å². The summed E-state index contributed by atoms with van der Waals surface area (Å²) in [5, 5.41) is 9.43. The molecule has 5 nitrogen and oxygen atoms in total. The summed E-state index contributed by atoms with van der Waals surface area (Å²) in [6.45, 7) is 6.07. The van der Waals surface area contributed by atoms with Crippen LogP contribution in [0, 0.1) is 5.92 Å². The molecule has 1 heterocycles. The Morgan fingerprint density at radius 3 is 2.74 bits per heavy atom. The smallest absolute Gasteiger partial charge is 0.409 e. The van der Waals surface area contributed by atoms with Crippen LogP contribution in [0.1, 0.15) is 19.3 Å². The summed E-state index contributed by atoms with van der Waals surface area (Å²) in [6, 6.07) is 0.926. The van der Waals surface area contributed by atoms with E-state index < -0.39 is 0 Å². The van der Waals surface area contributed by atoms with Crippen LogP contribution in [0.2, 0.25) is 0 Å². The number of hydrogen-bond donors (Lipinski definition) is 1. The number of rotatable bonds is 5. The lowest BCUT2D eigenvalue weighted by Gasteiger charge is -2.41. The number of carbonyl (C=O) groups excluding carboxylic acids is 1. The molecule has 1 saturated carbocycles. The Morgan fingerprint density at radius 2 is 2.21 bits per heavy atom. The molecule has 1 saturated heterocycles. The quantitative estimate of drug-likeness (QED) is 0.758. The maximum atomic E-state index is 11.7. The fourth-order valence-electron chi connectivity index (χ4n) is 2.98. The van der Waals surface area contributed by atoms with E-state index in [0.717, 1.165) is 13.0 Å². The normalized spacial score (nSPS) is 27.4. The van der Waals surface area contributed by atoms with Crippen molar-refractivity contribution in [3.8, 4) is 0 Å². The fourth-order valence-corrected chi connectivity index (χ4v) is 2.98. The van der Waals surface area contributed by atoms with Crippen molar-refractivity contribution < 1.29 is 14.6 Å². The lowest BCUT2D eigenvalue weighted by atomic mass is 9.94. The molecule has 2 rings (SSSR count). The minimum atomic E-state index is -0.294. The van der Waals surface area contributed by atoms with Crippen molar-refractivity contribution in [2.24, 2.45) is 5.92 Å². The first-order valence-electron chi connectivity index (χ1n) is 7.00. The van der Waals surface area contributed by atoms with Gasteiger partial charge < -0.3 is 14.7 Å². The second-order valence-corrected chi connectivity index (χ2v) is 5.53. The van der Waals surface area contributed by atoms with E-state index in [-0.39, 0.29) is 18.6 Å². The lowest BCUT2D eigenvalue weighted by molar-refractivity contribution is 0.0396. The molecule has 1 aliphatic carbocycles. The number of aliphatic hydroxyl groups excluding tert-OH is 1. The number of aliphatic hydroxyl groups is 1. The van der Waals surface area contributed by atoms with Crippen molar-refractivity contribution in [2.45, 2.75) is 31.3 Å². The van der Waals surface area contributed by atoms with Crippen molar-refractivity contribution in [3.05, 3.63) is 12.7 Å². The van der Waals surface area contributed by atoms with Gasteiger partial charge in [0.05, 0.1) is 7.11 Å². The van der Waals surface area contributed by atoms with E-state index in [2.05, 4.69) is 11.5 Å². The van der Waals surface area contributed by atoms with Gasteiger partial charge in [-0.15, -0.1) is 6.58 Å². The molecule has 1 amide bonds. The highest BCUT2D eigenvalue weighted by molar-refractivity contribution is 5.67. The van der Waals surface area contributed by atoms with Crippen LogP contribution in [0.3, 0.4) is 0 Å². The Bertz CT molecular complexity index is 331. The van der Waals surface area contributed by atoms with E-state index in [1.165, 1.54) is 20.0 Å². The second-order valence-electron chi connectivity index (χ2n) is 5.53. The van der Waals surface area contributed by atoms with Crippen molar-refractivity contribution in [2.75, 3.05) is 33.4 Å². The van der Waals surface area contributed by atoms with Crippen LogP contribution in [-0.2, 0) is 4.74 Å². The summed E-state index contributed by atoms with van der Waals surface area (Å²) >= 11 is 0. The highest BCUT2D eigenvalue weighted by atomic mass is 16.5. The van der Waals surface area contributed by atoms with Gasteiger partial charge in [0.1, 0.15) is 0 Å². The molecule has 0 aromatic carbocycles. The molecule has 0 spiro atoms. The highest BCUT2D eigenvalue weighted by Crippen LogP contribution is 2.32. The van der Waals surface area contributed by atoms with Gasteiger partial charge >= 0.3 is 6.09 Å². The number of nitrogens with zero attached hydrogens (tertiary/aromatic N) is 2. The molecule has 19 heavy (non-hydrogen) atoms. The Kier molecular flexibility index (Phi) is 4.82. The van der Waals surface area contributed by atoms with Crippen LogP contribution in [0.15, 0.2) is 12.7 Å². The molecule has 5 heteroatoms. The van der Waals surface area contributed by atoms with Crippen molar-refractivity contribution in [1.29, 1.82) is 0 Å². The number of likely N-dealkylation sites (tertiary alicyclic amines) is 1. The molecule has 1 N–H and O–H groups in total. The summed E-state index contributed by atoms with van der Waals surface area (Å²) in [5.74, 6) is 0.143. The molecule has 108 valence electrons. The summed E-state index contributed by atoms with van der Waals surface area (Å²) < 4.78 is 4.81. The predicted molar refractivity (Wildman–Crippen MR) is 72.9 cm³/mol. The summed E-state index contributed by atoms with van der Waals surface area (Å²) in [4.78, 5) is 15.9. The molecule has 1 aliphatic heterocycles. The molecule has 2 fully saturated rings. The van der Waals surface area contributed by atoms with Gasteiger partial charge in [-0.1, -0.05) is 6.08 Å². The van der Waals surface area contributed by atoms with Crippen LogP contribution in [-0.4, -0.2) is 66.4 Å². The Labute approximate surface area is 114 Å². The number of carbonyl (C=O) groups is 1. The zero-order valence-corrected chi connectivity index (χ0v) is 11.6. The number of hydrogen-bond acceptors (Lipinski definition) is 4. The van der Waals surface area contributed by atoms with E-state index in [1.807, 2.05) is 6.08 Å². The van der Waals surface area contributed by atoms with E-state index in [4.69, 9.17) is 4.74 Å². The first kappa shape index (κ1) is 14.3. The van der Waals surface area contributed by atoms with E-state index >= 15 is 0 Å². The Hall–Kier alpha value is -1.07. The maximum Gasteiger partial charge on any atom is 0.409 e. The molecule has 2 atom stereocenters. The van der Waals surface area contributed by atoms with E-state index in [0.29, 0.717) is 25.2 Å². The SMILES string of the molecule is C=CCN(C1CC1)C1CC(CO)CN(C(=O)OC)C1. The summed E-state index contributed by atoms with van der Waals surface area (Å²) in [7, 11) is 1.41. The van der Waals surface area contributed by atoms with Gasteiger partial charge in [-0.05, 0) is 19.3 Å². The molecule has 0 bridgehead atoms. The van der Waals surface area contributed by atoms with Crippen molar-refractivity contribution >= 4 is 6.09 Å². The molecular formula is C14H24N2O3. The van der Waals surface area contributed by atoms with E-state index in [1.54, 1.807) is 4.90 Å². The average molecular weight is 268 g/mol. The van der Waals surface area contributed by atoms with Crippen LogP contribution in [0.4, 0.5) is 4.79 Å². The highest BCUT2D eigenvalue weighted by Gasteiger charge is 2.38. The van der Waals surface area contributed by atoms with Gasteiger partial charge in [0.15, 0.2) is 0 Å². The number of piperidine rings is 1. The number of ether oxygens (including phenoxy) is 1. The Balaban J connectivity index is 2.04. The molecule has 0 radical (unpaired) electrons. The van der Waals surface area contributed by atoms with Gasteiger partial charge in [0, 0.05) is 44.2 Å². The number of amides is 1. The maximum absolute atomic E-state index is 11.7. The first-order chi connectivity index (χ1) is 9.19. The largest absolute Gasteiger partial charge is 0.453 e. The molecule has 2 unspecified atom stereocenters. The van der Waals surface area contributed by atoms with Crippen LogP contribution >= 0.6 is 0 Å². The topological polar surface area (TPSA) is 53.0 Å².